The van der Waals surface area contributed by atoms with Crippen molar-refractivity contribution < 1.29 is 9.53 Å². The quantitative estimate of drug-likeness (QED) is 0.489. The molecule has 2 N–H and O–H groups in total. The van der Waals surface area contributed by atoms with Crippen LogP contribution in [0.25, 0.3) is 10.9 Å². The summed E-state index contributed by atoms with van der Waals surface area (Å²) in [6, 6.07) is 15.1. The molecule has 0 spiro atoms. The number of hydrogen-bond donors (Lipinski definition) is 2. The summed E-state index contributed by atoms with van der Waals surface area (Å²) in [6.45, 7) is 0. The van der Waals surface area contributed by atoms with E-state index in [1.54, 1.807) is 41.2 Å². The molecular weight excluding hydrogens is 404 g/mol. The number of urea groups is 1. The van der Waals surface area contributed by atoms with Gasteiger partial charge in [-0.15, -0.1) is 0 Å². The van der Waals surface area contributed by atoms with Crippen LogP contribution in [-0.2, 0) is 7.05 Å². The summed E-state index contributed by atoms with van der Waals surface area (Å²) in [5.74, 6) is 0.921. The molecule has 0 unspecified atom stereocenters. The number of benzene rings is 2. The summed E-state index contributed by atoms with van der Waals surface area (Å²) in [5, 5.41) is 19.8. The lowest BCUT2D eigenvalue weighted by Gasteiger charge is -2.11. The molecule has 0 atom stereocenters. The second-order valence-electron chi connectivity index (χ2n) is 6.35. The van der Waals surface area contributed by atoms with Crippen LogP contribution in [0.3, 0.4) is 0 Å². The van der Waals surface area contributed by atoms with Crippen LogP contribution in [-0.4, -0.2) is 20.8 Å². The van der Waals surface area contributed by atoms with Crippen LogP contribution < -0.4 is 15.4 Å². The molecule has 9 heteroatoms. The van der Waals surface area contributed by atoms with E-state index in [4.69, 9.17) is 21.6 Å². The molecule has 2 heterocycles. The number of halogens is 1. The third-order valence-corrected chi connectivity index (χ3v) is 4.59. The zero-order valence-corrected chi connectivity index (χ0v) is 16.5. The van der Waals surface area contributed by atoms with Gasteiger partial charge in [0.1, 0.15) is 23.3 Å². The van der Waals surface area contributed by atoms with Crippen molar-refractivity contribution in [1.82, 2.24) is 14.8 Å². The van der Waals surface area contributed by atoms with Crippen molar-refractivity contribution in [1.29, 1.82) is 5.26 Å². The van der Waals surface area contributed by atoms with Crippen molar-refractivity contribution in [2.75, 3.05) is 10.6 Å². The lowest BCUT2D eigenvalue weighted by molar-refractivity contribution is 0.262. The second-order valence-corrected chi connectivity index (χ2v) is 6.76. The number of nitrogens with zero attached hydrogens (tertiary/aromatic N) is 4. The van der Waals surface area contributed by atoms with E-state index in [1.165, 1.54) is 12.3 Å². The lowest BCUT2D eigenvalue weighted by atomic mass is 10.2. The van der Waals surface area contributed by atoms with Crippen LogP contribution in [0, 0.1) is 11.3 Å². The molecular formula is C21H15ClN6O2. The molecule has 2 aromatic heterocycles. The topological polar surface area (TPSA) is 105 Å². The number of fused-ring (bicyclic) bond motifs is 1. The lowest BCUT2D eigenvalue weighted by Crippen LogP contribution is -2.19. The minimum absolute atomic E-state index is 0.248. The van der Waals surface area contributed by atoms with E-state index in [9.17, 15) is 4.79 Å². The molecule has 0 fully saturated rings. The Balaban J connectivity index is 1.43. The molecule has 4 aromatic rings. The highest BCUT2D eigenvalue weighted by atomic mass is 35.5. The highest BCUT2D eigenvalue weighted by molar-refractivity contribution is 6.34. The number of pyridine rings is 1. The van der Waals surface area contributed by atoms with E-state index in [-0.39, 0.29) is 5.69 Å². The number of hydrogen-bond acceptors (Lipinski definition) is 5. The molecule has 0 aliphatic heterocycles. The Kier molecular flexibility index (Phi) is 5.20. The molecule has 0 radical (unpaired) electrons. The number of carbonyl (C=O) groups is 1. The van der Waals surface area contributed by atoms with Crippen LogP contribution in [0.1, 0.15) is 5.69 Å². The molecule has 0 aliphatic rings. The smallest absolute Gasteiger partial charge is 0.323 e. The summed E-state index contributed by atoms with van der Waals surface area (Å²) < 4.78 is 7.45. The number of nitrogens with one attached hydrogen (secondary N) is 2. The van der Waals surface area contributed by atoms with Gasteiger partial charge in [0.05, 0.1) is 22.4 Å². The van der Waals surface area contributed by atoms with E-state index in [0.29, 0.717) is 27.9 Å². The third-order valence-electron chi connectivity index (χ3n) is 4.27. The number of aryl methyl sites for hydroxylation is 1. The van der Waals surface area contributed by atoms with Crippen molar-refractivity contribution >= 4 is 39.9 Å². The Morgan fingerprint density at radius 1 is 1.13 bits per heavy atom. The maximum Gasteiger partial charge on any atom is 0.323 e. The highest BCUT2D eigenvalue weighted by Crippen LogP contribution is 2.30. The van der Waals surface area contributed by atoms with Crippen molar-refractivity contribution in [2.24, 2.45) is 7.05 Å². The Morgan fingerprint density at radius 2 is 1.97 bits per heavy atom. The molecule has 8 nitrogen and oxygen atoms in total. The first-order valence-electron chi connectivity index (χ1n) is 8.85. The van der Waals surface area contributed by atoms with Gasteiger partial charge in [0, 0.05) is 36.5 Å². The zero-order valence-electron chi connectivity index (χ0n) is 15.8. The van der Waals surface area contributed by atoms with Crippen LogP contribution in [0.15, 0.2) is 60.9 Å². The van der Waals surface area contributed by atoms with Gasteiger partial charge >= 0.3 is 6.03 Å². The Bertz CT molecular complexity index is 1290. The van der Waals surface area contributed by atoms with Gasteiger partial charge in [-0.25, -0.2) is 9.78 Å². The molecule has 30 heavy (non-hydrogen) atoms. The van der Waals surface area contributed by atoms with Gasteiger partial charge in [0.2, 0.25) is 0 Å². The molecule has 4 rings (SSSR count). The van der Waals surface area contributed by atoms with Crippen LogP contribution in [0.2, 0.25) is 5.02 Å². The van der Waals surface area contributed by atoms with Gasteiger partial charge in [-0.05, 0) is 36.4 Å². The van der Waals surface area contributed by atoms with E-state index in [1.807, 2.05) is 25.2 Å². The molecule has 0 saturated carbocycles. The van der Waals surface area contributed by atoms with Gasteiger partial charge in [0.15, 0.2) is 0 Å². The molecule has 0 saturated heterocycles. The van der Waals surface area contributed by atoms with Gasteiger partial charge in [-0.3, -0.25) is 4.68 Å². The maximum absolute atomic E-state index is 12.4. The minimum atomic E-state index is -0.429. The summed E-state index contributed by atoms with van der Waals surface area (Å²) in [7, 11) is 1.86. The van der Waals surface area contributed by atoms with Crippen LogP contribution >= 0.6 is 11.6 Å². The predicted octanol–water partition coefficient (Wildman–Crippen LogP) is 4.93. The third kappa shape index (κ3) is 4.16. The number of aromatic nitrogens is 3. The summed E-state index contributed by atoms with van der Waals surface area (Å²) in [5.41, 5.74) is 2.28. The first-order valence-corrected chi connectivity index (χ1v) is 9.23. The average Bonchev–Trinajstić information content (AvgIpc) is 3.10. The molecule has 0 aliphatic carbocycles. The molecule has 148 valence electrons. The summed E-state index contributed by atoms with van der Waals surface area (Å²) >= 11 is 6.28. The van der Waals surface area contributed by atoms with Crippen molar-refractivity contribution in [2.45, 2.75) is 0 Å². The van der Waals surface area contributed by atoms with Crippen molar-refractivity contribution in [3.05, 3.63) is 71.6 Å². The SMILES string of the molecule is Cn1ncc2cc(NC(=O)Nc3ccc(Oc4ccnc(C#N)c4)cc3Cl)ccc21. The fraction of sp³-hybridized carbons (Fsp3) is 0.0476. The first kappa shape index (κ1) is 19.2. The Morgan fingerprint density at radius 3 is 2.77 bits per heavy atom. The molecule has 0 bridgehead atoms. The minimum Gasteiger partial charge on any atom is -0.457 e. The zero-order chi connectivity index (χ0) is 21.1. The highest BCUT2D eigenvalue weighted by Gasteiger charge is 2.09. The number of anilines is 2. The van der Waals surface area contributed by atoms with Gasteiger partial charge < -0.3 is 15.4 Å². The number of carbonyl (C=O) groups excluding carboxylic acids is 1. The van der Waals surface area contributed by atoms with E-state index in [0.717, 1.165) is 10.9 Å². The predicted molar refractivity (Wildman–Crippen MR) is 114 cm³/mol. The summed E-state index contributed by atoms with van der Waals surface area (Å²) in [6.07, 6.45) is 3.22. The van der Waals surface area contributed by atoms with E-state index in [2.05, 4.69) is 20.7 Å². The van der Waals surface area contributed by atoms with Gasteiger partial charge in [-0.1, -0.05) is 11.6 Å². The second kappa shape index (κ2) is 8.11. The Hall–Kier alpha value is -4.09. The van der Waals surface area contributed by atoms with Crippen LogP contribution in [0.4, 0.5) is 16.2 Å². The van der Waals surface area contributed by atoms with Crippen molar-refractivity contribution in [3.8, 4) is 17.6 Å². The normalized spacial score (nSPS) is 10.4. The monoisotopic (exact) mass is 418 g/mol. The first-order chi connectivity index (χ1) is 14.5. The summed E-state index contributed by atoms with van der Waals surface area (Å²) in [4.78, 5) is 16.2. The molecule has 2 aromatic carbocycles. The number of rotatable bonds is 4. The standard InChI is InChI=1S/C21H15ClN6O2/c1-28-20-5-2-14(8-13(20)12-25-28)26-21(29)27-19-4-3-16(10-18(19)22)30-17-6-7-24-15(9-17)11-23/h2-10,12H,1H3,(H2,26,27,29). The average molecular weight is 419 g/mol. The maximum atomic E-state index is 12.4. The number of amides is 2. The fourth-order valence-electron chi connectivity index (χ4n) is 2.86. The largest absolute Gasteiger partial charge is 0.457 e. The van der Waals surface area contributed by atoms with Gasteiger partial charge in [-0.2, -0.15) is 10.4 Å². The number of nitriles is 1. The van der Waals surface area contributed by atoms with Crippen molar-refractivity contribution in [3.63, 3.8) is 0 Å². The van der Waals surface area contributed by atoms with E-state index < -0.39 is 6.03 Å². The Labute approximate surface area is 176 Å². The van der Waals surface area contributed by atoms with Gasteiger partial charge in [0.25, 0.3) is 0 Å². The van der Waals surface area contributed by atoms with E-state index >= 15 is 0 Å². The fourth-order valence-corrected chi connectivity index (χ4v) is 3.08. The number of ether oxygens (including phenoxy) is 1. The molecule has 2 amide bonds. The van der Waals surface area contributed by atoms with Crippen LogP contribution in [0.5, 0.6) is 11.5 Å².